The Labute approximate surface area is 123 Å². The van der Waals surface area contributed by atoms with Crippen molar-refractivity contribution in [2.45, 2.75) is 58.4 Å². The van der Waals surface area contributed by atoms with Crippen molar-refractivity contribution in [1.82, 2.24) is 10.3 Å². The van der Waals surface area contributed by atoms with Crippen molar-refractivity contribution in [2.24, 2.45) is 5.92 Å². The maximum Gasteiger partial charge on any atom is 0.305 e. The van der Waals surface area contributed by atoms with Gasteiger partial charge in [0.25, 0.3) is 5.91 Å². The molecular formula is C15H22N2O4. The summed E-state index contributed by atoms with van der Waals surface area (Å²) in [4.78, 5) is 27.7. The number of aromatic nitrogens is 1. The third-order valence-electron chi connectivity index (χ3n) is 4.14. The highest BCUT2D eigenvalue weighted by Gasteiger charge is 2.36. The van der Waals surface area contributed by atoms with Crippen LogP contribution in [-0.4, -0.2) is 27.5 Å². The smallest absolute Gasteiger partial charge is 0.305 e. The Morgan fingerprint density at radius 2 is 2.10 bits per heavy atom. The molecule has 0 aliphatic heterocycles. The molecule has 0 spiro atoms. The molecule has 1 aliphatic rings. The first kappa shape index (κ1) is 15.5. The van der Waals surface area contributed by atoms with Crippen LogP contribution in [0.2, 0.25) is 0 Å². The largest absolute Gasteiger partial charge is 0.481 e. The number of carboxylic acid groups (broad SMARTS) is 1. The van der Waals surface area contributed by atoms with Gasteiger partial charge in [-0.3, -0.25) is 9.59 Å². The molecule has 116 valence electrons. The number of aliphatic carboxylic acids is 1. The van der Waals surface area contributed by atoms with Crippen molar-refractivity contribution in [3.63, 3.8) is 0 Å². The number of aryl methyl sites for hydroxylation is 1. The van der Waals surface area contributed by atoms with Gasteiger partial charge < -0.3 is 14.8 Å². The number of carbonyl (C=O) groups excluding carboxylic acids is 1. The number of oxazole rings is 1. The van der Waals surface area contributed by atoms with Gasteiger partial charge in [-0.15, -0.1) is 0 Å². The lowest BCUT2D eigenvalue weighted by Gasteiger charge is -2.33. The molecule has 6 nitrogen and oxygen atoms in total. The Hall–Kier alpha value is -1.85. The first-order valence-electron chi connectivity index (χ1n) is 7.24. The molecule has 1 aromatic rings. The second-order valence-electron chi connectivity index (χ2n) is 6.34. The summed E-state index contributed by atoms with van der Waals surface area (Å²) >= 11 is 0. The van der Waals surface area contributed by atoms with Crippen molar-refractivity contribution >= 4 is 11.9 Å². The summed E-state index contributed by atoms with van der Waals surface area (Å²) in [6, 6.07) is 0. The van der Waals surface area contributed by atoms with Gasteiger partial charge in [0.2, 0.25) is 5.76 Å². The van der Waals surface area contributed by atoms with Crippen molar-refractivity contribution < 1.29 is 19.1 Å². The Morgan fingerprint density at radius 1 is 1.48 bits per heavy atom. The van der Waals surface area contributed by atoms with Crippen molar-refractivity contribution in [2.75, 3.05) is 0 Å². The van der Waals surface area contributed by atoms with Crippen LogP contribution < -0.4 is 5.32 Å². The van der Waals surface area contributed by atoms with Crippen LogP contribution in [0.5, 0.6) is 0 Å². The summed E-state index contributed by atoms with van der Waals surface area (Å²) in [6.07, 6.45) is 1.95. The number of nitrogens with zero attached hydrogens (tertiary/aromatic N) is 1. The molecule has 1 heterocycles. The highest BCUT2D eigenvalue weighted by Crippen LogP contribution is 2.40. The molecule has 1 fully saturated rings. The number of nitrogens with one attached hydrogen (secondary N) is 1. The van der Waals surface area contributed by atoms with Crippen LogP contribution in [0.3, 0.4) is 0 Å². The third-order valence-corrected chi connectivity index (χ3v) is 4.14. The van der Waals surface area contributed by atoms with Crippen LogP contribution in [0, 0.1) is 12.8 Å². The monoisotopic (exact) mass is 294 g/mol. The minimum Gasteiger partial charge on any atom is -0.481 e. The minimum absolute atomic E-state index is 0.0244. The molecule has 1 aromatic heterocycles. The Kier molecular flexibility index (Phi) is 4.07. The van der Waals surface area contributed by atoms with E-state index in [-0.39, 0.29) is 18.1 Å². The van der Waals surface area contributed by atoms with E-state index in [9.17, 15) is 9.59 Å². The molecule has 6 heteroatoms. The van der Waals surface area contributed by atoms with Gasteiger partial charge in [-0.1, -0.05) is 13.8 Å². The first-order valence-corrected chi connectivity index (χ1v) is 7.24. The van der Waals surface area contributed by atoms with Gasteiger partial charge in [0.1, 0.15) is 0 Å². The number of amides is 1. The fourth-order valence-corrected chi connectivity index (χ4v) is 2.16. The molecule has 21 heavy (non-hydrogen) atoms. The highest BCUT2D eigenvalue weighted by atomic mass is 16.4. The van der Waals surface area contributed by atoms with Gasteiger partial charge in [0.15, 0.2) is 5.89 Å². The van der Waals surface area contributed by atoms with Crippen LogP contribution in [0.1, 0.15) is 68.1 Å². The van der Waals surface area contributed by atoms with Gasteiger partial charge >= 0.3 is 5.97 Å². The van der Waals surface area contributed by atoms with E-state index in [1.165, 1.54) is 0 Å². The molecule has 0 saturated heterocycles. The van der Waals surface area contributed by atoms with Gasteiger partial charge in [-0.05, 0) is 32.6 Å². The standard InChI is InChI=1S/C15H22N2O4/c1-8(2)15(4,7-11(18)19)17-13(20)12-9(3)16-14(21-12)10-5-6-10/h8,10H,5-7H2,1-4H3,(H,17,20)(H,18,19). The van der Waals surface area contributed by atoms with Gasteiger partial charge in [-0.2, -0.15) is 0 Å². The van der Waals surface area contributed by atoms with E-state index < -0.39 is 17.4 Å². The average molecular weight is 294 g/mol. The number of hydrogen-bond donors (Lipinski definition) is 2. The van der Waals surface area contributed by atoms with Gasteiger partial charge in [-0.25, -0.2) is 4.98 Å². The maximum atomic E-state index is 12.4. The van der Waals surface area contributed by atoms with E-state index in [1.54, 1.807) is 13.8 Å². The molecule has 1 aliphatic carbocycles. The van der Waals surface area contributed by atoms with Crippen LogP contribution in [-0.2, 0) is 4.79 Å². The van der Waals surface area contributed by atoms with Crippen molar-refractivity contribution in [1.29, 1.82) is 0 Å². The van der Waals surface area contributed by atoms with Gasteiger partial charge in [0.05, 0.1) is 17.7 Å². The molecule has 2 N–H and O–H groups in total. The first-order chi connectivity index (χ1) is 9.73. The Bertz CT molecular complexity index is 560. The van der Waals surface area contributed by atoms with E-state index in [2.05, 4.69) is 10.3 Å². The summed E-state index contributed by atoms with van der Waals surface area (Å²) in [7, 11) is 0. The number of hydrogen-bond acceptors (Lipinski definition) is 4. The zero-order chi connectivity index (χ0) is 15.8. The summed E-state index contributed by atoms with van der Waals surface area (Å²) in [5.41, 5.74) is -0.280. The average Bonchev–Trinajstić information content (AvgIpc) is 3.11. The highest BCUT2D eigenvalue weighted by molar-refractivity contribution is 5.93. The fraction of sp³-hybridized carbons (Fsp3) is 0.667. The van der Waals surface area contributed by atoms with Crippen LogP contribution in [0.4, 0.5) is 0 Å². The lowest BCUT2D eigenvalue weighted by molar-refractivity contribution is -0.138. The van der Waals surface area contributed by atoms with Crippen LogP contribution >= 0.6 is 0 Å². The number of rotatable bonds is 6. The van der Waals surface area contributed by atoms with Crippen LogP contribution in [0.25, 0.3) is 0 Å². The molecule has 0 bridgehead atoms. The van der Waals surface area contributed by atoms with E-state index in [0.29, 0.717) is 17.5 Å². The molecule has 1 unspecified atom stereocenters. The minimum atomic E-state index is -0.945. The van der Waals surface area contributed by atoms with Crippen molar-refractivity contribution in [3.8, 4) is 0 Å². The predicted molar refractivity (Wildman–Crippen MR) is 76.2 cm³/mol. The van der Waals surface area contributed by atoms with Crippen molar-refractivity contribution in [3.05, 3.63) is 17.3 Å². The molecule has 1 atom stereocenters. The molecule has 1 saturated carbocycles. The summed E-state index contributed by atoms with van der Waals surface area (Å²) in [5, 5.41) is 11.8. The maximum absolute atomic E-state index is 12.4. The summed E-state index contributed by atoms with van der Waals surface area (Å²) < 4.78 is 5.56. The second-order valence-corrected chi connectivity index (χ2v) is 6.34. The third kappa shape index (κ3) is 3.43. The van der Waals surface area contributed by atoms with Crippen LogP contribution in [0.15, 0.2) is 4.42 Å². The lowest BCUT2D eigenvalue weighted by Crippen LogP contribution is -2.51. The molecule has 2 rings (SSSR count). The fourth-order valence-electron chi connectivity index (χ4n) is 2.16. The second kappa shape index (κ2) is 5.50. The zero-order valence-corrected chi connectivity index (χ0v) is 12.9. The summed E-state index contributed by atoms with van der Waals surface area (Å²) in [6.45, 7) is 7.23. The SMILES string of the molecule is Cc1nc(C2CC2)oc1C(=O)NC(C)(CC(=O)O)C(C)C. The topological polar surface area (TPSA) is 92.4 Å². The van der Waals surface area contributed by atoms with E-state index >= 15 is 0 Å². The zero-order valence-electron chi connectivity index (χ0n) is 12.9. The molecule has 0 radical (unpaired) electrons. The summed E-state index contributed by atoms with van der Waals surface area (Å²) in [5.74, 6) is -0.232. The predicted octanol–water partition coefficient (Wildman–Crippen LogP) is 2.48. The normalized spacial score (nSPS) is 17.6. The molecular weight excluding hydrogens is 272 g/mol. The molecule has 0 aromatic carbocycles. The van der Waals surface area contributed by atoms with E-state index in [0.717, 1.165) is 12.8 Å². The Balaban J connectivity index is 2.16. The lowest BCUT2D eigenvalue weighted by atomic mass is 9.85. The quantitative estimate of drug-likeness (QED) is 0.840. The van der Waals surface area contributed by atoms with E-state index in [4.69, 9.17) is 9.52 Å². The molecule has 1 amide bonds. The van der Waals surface area contributed by atoms with Gasteiger partial charge in [0, 0.05) is 5.92 Å². The Morgan fingerprint density at radius 3 is 2.57 bits per heavy atom. The number of carbonyl (C=O) groups is 2. The van der Waals surface area contributed by atoms with E-state index in [1.807, 2.05) is 13.8 Å². The number of carboxylic acids is 1.